The molecule has 0 aliphatic carbocycles. The van der Waals surface area contributed by atoms with E-state index in [0.29, 0.717) is 0 Å². The molecule has 0 aromatic heterocycles. The number of aliphatic carboxylic acids is 1. The van der Waals surface area contributed by atoms with Gasteiger partial charge in [-0.2, -0.15) is 0 Å². The van der Waals surface area contributed by atoms with Crippen LogP contribution in [0.1, 0.15) is 82.4 Å². The first kappa shape index (κ1) is 27.4. The number of ether oxygens (including phenoxy) is 1. The Morgan fingerprint density at radius 3 is 1.95 bits per heavy atom. The molecule has 0 bridgehead atoms. The Kier molecular flexibility index (Phi) is 16.1. The van der Waals surface area contributed by atoms with Crippen molar-refractivity contribution in [1.82, 2.24) is 0 Å². The van der Waals surface area contributed by atoms with Crippen molar-refractivity contribution in [3.8, 4) is 0 Å². The molecule has 0 rings (SSSR count). The molecule has 0 spiro atoms. The topological polar surface area (TPSA) is 63.6 Å². The maximum absolute atomic E-state index is 11.6. The van der Waals surface area contributed by atoms with Gasteiger partial charge in [0.2, 0.25) is 0 Å². The smallest absolute Gasteiger partial charge is 1.00 e. The first-order chi connectivity index (χ1) is 9.12. The van der Waals surface area contributed by atoms with Gasteiger partial charge < -0.3 is 12.7 Å². The molecule has 0 amide bonds. The number of carbonyl (C=O) groups is 2. The van der Waals surface area contributed by atoms with Gasteiger partial charge in [0, 0.05) is 5.41 Å². The van der Waals surface area contributed by atoms with Crippen molar-refractivity contribution in [1.29, 1.82) is 0 Å². The molecule has 0 aromatic rings. The zero-order chi connectivity index (χ0) is 15.8. The molecule has 0 radical (unpaired) electrons. The fourth-order valence-electron chi connectivity index (χ4n) is 2.06. The van der Waals surface area contributed by atoms with E-state index in [-0.39, 0.29) is 56.7 Å². The maximum Gasteiger partial charge on any atom is 1.00 e. The molecule has 6 heteroatoms. The van der Waals surface area contributed by atoms with Crippen LogP contribution in [-0.2, 0) is 14.3 Å². The number of carbonyl (C=O) groups excluding carboxylic acids is 1. The van der Waals surface area contributed by atoms with E-state index in [1.165, 1.54) is 19.3 Å². The number of hydrogen-bond donors (Lipinski definition) is 1. The summed E-state index contributed by atoms with van der Waals surface area (Å²) in [5.74, 6) is -1.79. The molecule has 4 nitrogen and oxygen atoms in total. The van der Waals surface area contributed by atoms with Gasteiger partial charge in [-0.25, -0.2) is 0 Å². The first-order valence-corrected chi connectivity index (χ1v) is 7.56. The van der Waals surface area contributed by atoms with Crippen LogP contribution in [0.2, 0.25) is 0 Å². The molecule has 1 unspecified atom stereocenters. The zero-order valence-corrected chi connectivity index (χ0v) is 17.6. The summed E-state index contributed by atoms with van der Waals surface area (Å²) >= 11 is 0. The van der Waals surface area contributed by atoms with Crippen LogP contribution >= 0.6 is 0 Å². The molecule has 0 fully saturated rings. The summed E-state index contributed by atoms with van der Waals surface area (Å²) in [5.41, 5.74) is -0.836. The third kappa shape index (κ3) is 11.1. The molecule has 0 aromatic carbocycles. The summed E-state index contributed by atoms with van der Waals surface area (Å²) in [6, 6.07) is 0. The average Bonchev–Trinajstić information content (AvgIpc) is 2.25. The van der Waals surface area contributed by atoms with E-state index < -0.39 is 24.0 Å². The SMILES string of the molecule is CCCCCCCC(C)(OC(=O)CC(=O)O)C(C)(C)C.[H-].[H-].[Li+].[Na+]. The molecular formula is C16H32LiNaO4. The summed E-state index contributed by atoms with van der Waals surface area (Å²) in [6.45, 7) is 10.1. The van der Waals surface area contributed by atoms with Crippen LogP contribution < -0.4 is 48.4 Å². The Morgan fingerprint density at radius 2 is 1.55 bits per heavy atom. The number of carboxylic acids is 1. The summed E-state index contributed by atoms with van der Waals surface area (Å²) in [5, 5.41) is 8.66. The third-order valence-electron chi connectivity index (χ3n) is 3.98. The van der Waals surface area contributed by atoms with E-state index in [4.69, 9.17) is 9.84 Å². The quantitative estimate of drug-likeness (QED) is 0.241. The summed E-state index contributed by atoms with van der Waals surface area (Å²) in [7, 11) is 0. The van der Waals surface area contributed by atoms with E-state index in [0.717, 1.165) is 19.3 Å². The Hall–Kier alpha value is 0.537. The van der Waals surface area contributed by atoms with Gasteiger partial charge in [-0.1, -0.05) is 53.4 Å². The predicted octanol–water partition coefficient (Wildman–Crippen LogP) is -1.60. The fourth-order valence-corrected chi connectivity index (χ4v) is 2.06. The van der Waals surface area contributed by atoms with Gasteiger partial charge in [-0.05, 0) is 19.8 Å². The van der Waals surface area contributed by atoms with Crippen LogP contribution in [0.4, 0.5) is 0 Å². The standard InChI is InChI=1S/C16H30O4.Li.Na.2H/c1-6-7-8-9-10-11-16(5,15(2,3)4)20-14(19)12-13(17)18;;;;/h6-12H2,1-5H3,(H,17,18);;;;/q;2*+1;2*-1. The number of rotatable bonds is 9. The maximum atomic E-state index is 11.6. The minimum atomic E-state index is -1.14. The summed E-state index contributed by atoms with van der Waals surface area (Å²) in [4.78, 5) is 22.2. The largest absolute Gasteiger partial charge is 1.00 e. The molecule has 0 heterocycles. The van der Waals surface area contributed by atoms with Gasteiger partial charge in [0.05, 0.1) is 0 Å². The second kappa shape index (κ2) is 12.9. The number of esters is 1. The Bertz CT molecular complexity index is 339. The van der Waals surface area contributed by atoms with Gasteiger partial charge in [0.1, 0.15) is 12.0 Å². The van der Waals surface area contributed by atoms with Crippen LogP contribution in [0, 0.1) is 5.41 Å². The Balaban J connectivity index is -0.000000301. The van der Waals surface area contributed by atoms with Gasteiger partial charge in [0.25, 0.3) is 0 Å². The van der Waals surface area contributed by atoms with Gasteiger partial charge in [-0.3, -0.25) is 9.59 Å². The van der Waals surface area contributed by atoms with Crippen molar-refractivity contribution in [3.05, 3.63) is 0 Å². The number of unbranched alkanes of at least 4 members (excludes halogenated alkanes) is 4. The van der Waals surface area contributed by atoms with Crippen LogP contribution in [-0.4, -0.2) is 22.6 Å². The monoisotopic (exact) mass is 318 g/mol. The van der Waals surface area contributed by atoms with E-state index >= 15 is 0 Å². The molecule has 1 N–H and O–H groups in total. The first-order valence-electron chi connectivity index (χ1n) is 7.56. The second-order valence-corrected chi connectivity index (χ2v) is 6.69. The Morgan fingerprint density at radius 1 is 1.05 bits per heavy atom. The van der Waals surface area contributed by atoms with Gasteiger partial charge in [0.15, 0.2) is 0 Å². The van der Waals surface area contributed by atoms with Crippen molar-refractivity contribution in [3.63, 3.8) is 0 Å². The number of carboxylic acid groups (broad SMARTS) is 1. The minimum absolute atomic E-state index is 0. The van der Waals surface area contributed by atoms with E-state index in [1.54, 1.807) is 0 Å². The molecule has 22 heavy (non-hydrogen) atoms. The molecule has 1 atom stereocenters. The fraction of sp³-hybridized carbons (Fsp3) is 0.875. The Labute approximate surface area is 172 Å². The van der Waals surface area contributed by atoms with E-state index in [2.05, 4.69) is 6.92 Å². The van der Waals surface area contributed by atoms with Crippen LogP contribution in [0.5, 0.6) is 0 Å². The molecule has 0 saturated carbocycles. The van der Waals surface area contributed by atoms with Crippen LogP contribution in [0.25, 0.3) is 0 Å². The van der Waals surface area contributed by atoms with Crippen molar-refractivity contribution in [2.24, 2.45) is 5.41 Å². The van der Waals surface area contributed by atoms with E-state index in [9.17, 15) is 9.59 Å². The second-order valence-electron chi connectivity index (χ2n) is 6.69. The van der Waals surface area contributed by atoms with Gasteiger partial charge in [-0.15, -0.1) is 0 Å². The molecule has 0 saturated heterocycles. The minimum Gasteiger partial charge on any atom is -1.00 e. The summed E-state index contributed by atoms with van der Waals surface area (Å²) < 4.78 is 5.50. The molecular weight excluding hydrogens is 286 g/mol. The van der Waals surface area contributed by atoms with Crippen molar-refractivity contribution in [2.75, 3.05) is 0 Å². The molecule has 0 aliphatic rings. The zero-order valence-electron chi connectivity index (χ0n) is 17.6. The van der Waals surface area contributed by atoms with E-state index in [1.807, 2.05) is 27.7 Å². The number of hydrogen-bond acceptors (Lipinski definition) is 3. The predicted molar refractivity (Wildman–Crippen MR) is 81.8 cm³/mol. The van der Waals surface area contributed by atoms with Crippen molar-refractivity contribution in [2.45, 2.75) is 85.2 Å². The molecule has 0 aliphatic heterocycles. The normalized spacial score (nSPS) is 13.3. The average molecular weight is 318 g/mol. The molecule has 122 valence electrons. The van der Waals surface area contributed by atoms with Crippen molar-refractivity contribution < 1.29 is 70.7 Å². The van der Waals surface area contributed by atoms with Crippen LogP contribution in [0.15, 0.2) is 0 Å². The van der Waals surface area contributed by atoms with Crippen molar-refractivity contribution >= 4 is 11.9 Å². The van der Waals surface area contributed by atoms with Crippen LogP contribution in [0.3, 0.4) is 0 Å². The van der Waals surface area contributed by atoms with Gasteiger partial charge >= 0.3 is 60.4 Å². The third-order valence-corrected chi connectivity index (χ3v) is 3.98. The summed E-state index contributed by atoms with van der Waals surface area (Å²) in [6.07, 6.45) is 5.94.